The van der Waals surface area contributed by atoms with E-state index in [4.69, 9.17) is 14.6 Å². The normalized spacial score (nSPS) is 16.7. The summed E-state index contributed by atoms with van der Waals surface area (Å²) in [6.45, 7) is 6.22. The lowest BCUT2D eigenvalue weighted by atomic mass is 10.1. The number of nitrogens with one attached hydrogen (secondary N) is 1. The van der Waals surface area contributed by atoms with Gasteiger partial charge in [-0.2, -0.15) is 0 Å². The van der Waals surface area contributed by atoms with Gasteiger partial charge in [-0.3, -0.25) is 0 Å². The highest BCUT2D eigenvalue weighted by molar-refractivity contribution is 5.68. The van der Waals surface area contributed by atoms with E-state index in [1.807, 2.05) is 20.8 Å². The van der Waals surface area contributed by atoms with Crippen LogP contribution in [-0.2, 0) is 4.74 Å². The van der Waals surface area contributed by atoms with E-state index in [2.05, 4.69) is 5.32 Å². The third kappa shape index (κ3) is 6.88. The van der Waals surface area contributed by atoms with Crippen LogP contribution in [0.3, 0.4) is 0 Å². The molecule has 8 heteroatoms. The van der Waals surface area contributed by atoms with E-state index >= 15 is 0 Å². The van der Waals surface area contributed by atoms with E-state index in [0.717, 1.165) is 0 Å². The zero-order chi connectivity index (χ0) is 20.0. The summed E-state index contributed by atoms with van der Waals surface area (Å²) in [6.07, 6.45) is -0.122. The highest BCUT2D eigenvalue weighted by Gasteiger charge is 2.28. The molecule has 1 saturated heterocycles. The molecular weight excluding hydrogens is 355 g/mol. The fourth-order valence-corrected chi connectivity index (χ4v) is 2.70. The first-order chi connectivity index (χ1) is 12.7. The first-order valence-corrected chi connectivity index (χ1v) is 9.15. The number of hydrogen-bond acceptors (Lipinski definition) is 6. The van der Waals surface area contributed by atoms with Crippen LogP contribution >= 0.6 is 0 Å². The number of aliphatic hydroxyl groups is 2. The van der Waals surface area contributed by atoms with Gasteiger partial charge in [0.15, 0.2) is 0 Å². The lowest BCUT2D eigenvalue weighted by molar-refractivity contribution is 0.0127. The molecule has 0 saturated carbocycles. The maximum absolute atomic E-state index is 13.5. The van der Waals surface area contributed by atoms with Crippen molar-refractivity contribution in [2.24, 2.45) is 0 Å². The quantitative estimate of drug-likeness (QED) is 0.698. The summed E-state index contributed by atoms with van der Waals surface area (Å²) in [7, 11) is 0. The van der Waals surface area contributed by atoms with Gasteiger partial charge in [0.25, 0.3) is 0 Å². The van der Waals surface area contributed by atoms with E-state index in [-0.39, 0.29) is 25.3 Å². The summed E-state index contributed by atoms with van der Waals surface area (Å²) >= 11 is 0. The topological polar surface area (TPSA) is 91.3 Å². The summed E-state index contributed by atoms with van der Waals surface area (Å²) in [5.41, 5.74) is -0.116. The van der Waals surface area contributed by atoms with Gasteiger partial charge in [-0.05, 0) is 32.9 Å². The summed E-state index contributed by atoms with van der Waals surface area (Å²) in [6, 6.07) is 4.12. The highest BCUT2D eigenvalue weighted by Crippen LogP contribution is 2.29. The van der Waals surface area contributed by atoms with Crippen LogP contribution in [0.1, 0.15) is 33.6 Å². The van der Waals surface area contributed by atoms with Crippen LogP contribution in [-0.4, -0.2) is 65.3 Å². The molecular formula is C19H29FN2O5. The van der Waals surface area contributed by atoms with Crippen LogP contribution in [0.2, 0.25) is 0 Å². The molecule has 2 rings (SSSR count). The highest BCUT2D eigenvalue weighted by atomic mass is 19.1. The molecule has 1 atom stereocenters. The minimum atomic E-state index is -0.946. The van der Waals surface area contributed by atoms with Crippen molar-refractivity contribution in [1.29, 1.82) is 0 Å². The summed E-state index contributed by atoms with van der Waals surface area (Å²) in [5.74, 6) is 0.0420. The Morgan fingerprint density at radius 1 is 1.37 bits per heavy atom. The number of rotatable bonds is 6. The molecule has 0 bridgehead atoms. The largest absolute Gasteiger partial charge is 0.488 e. The van der Waals surface area contributed by atoms with Gasteiger partial charge in [0.05, 0.1) is 18.4 Å². The lowest BCUT2D eigenvalue weighted by Gasteiger charge is -2.33. The number of anilines is 1. The van der Waals surface area contributed by atoms with Crippen LogP contribution in [0.25, 0.3) is 0 Å². The van der Waals surface area contributed by atoms with Gasteiger partial charge in [-0.1, -0.05) is 0 Å². The Hall–Kier alpha value is -2.06. The number of ether oxygens (including phenoxy) is 2. The predicted octanol–water partition coefficient (Wildman–Crippen LogP) is 2.37. The summed E-state index contributed by atoms with van der Waals surface area (Å²) < 4.78 is 24.9. The Labute approximate surface area is 159 Å². The molecule has 0 spiro atoms. The van der Waals surface area contributed by atoms with Gasteiger partial charge >= 0.3 is 6.09 Å². The molecule has 0 aromatic heterocycles. The Kier molecular flexibility index (Phi) is 7.26. The Morgan fingerprint density at radius 2 is 2.04 bits per heavy atom. The summed E-state index contributed by atoms with van der Waals surface area (Å²) in [5, 5.41) is 21.3. The molecule has 1 fully saturated rings. The molecule has 152 valence electrons. The fraction of sp³-hybridized carbons (Fsp3) is 0.632. The molecule has 1 aromatic rings. The van der Waals surface area contributed by atoms with Crippen LogP contribution in [0.4, 0.5) is 14.9 Å². The first-order valence-electron chi connectivity index (χ1n) is 9.15. The van der Waals surface area contributed by atoms with Crippen molar-refractivity contribution in [3.8, 4) is 5.75 Å². The van der Waals surface area contributed by atoms with Crippen molar-refractivity contribution in [3.05, 3.63) is 24.0 Å². The number of hydrogen-bond donors (Lipinski definition) is 3. The van der Waals surface area contributed by atoms with E-state index < -0.39 is 17.5 Å². The van der Waals surface area contributed by atoms with E-state index in [0.29, 0.717) is 37.4 Å². The van der Waals surface area contributed by atoms with Crippen molar-refractivity contribution < 1.29 is 28.9 Å². The third-order valence-electron chi connectivity index (χ3n) is 4.07. The molecule has 27 heavy (non-hydrogen) atoms. The Balaban J connectivity index is 1.92. The monoisotopic (exact) mass is 384 g/mol. The predicted molar refractivity (Wildman–Crippen MR) is 99.4 cm³/mol. The SMILES string of the molecule is CC(C)(C)OC(=O)N1CCC(Oc2ccc(F)cc2NCC(O)CO)CC1. The second-order valence-corrected chi connectivity index (χ2v) is 7.64. The van der Waals surface area contributed by atoms with Crippen LogP contribution in [0, 0.1) is 5.82 Å². The number of amides is 1. The molecule has 1 amide bonds. The summed E-state index contributed by atoms with van der Waals surface area (Å²) in [4.78, 5) is 13.8. The molecule has 7 nitrogen and oxygen atoms in total. The van der Waals surface area contributed by atoms with Gasteiger partial charge in [-0.25, -0.2) is 9.18 Å². The number of benzene rings is 1. The second-order valence-electron chi connectivity index (χ2n) is 7.64. The van der Waals surface area contributed by atoms with E-state index in [9.17, 15) is 14.3 Å². The number of piperidine rings is 1. The Bertz CT molecular complexity index is 627. The van der Waals surface area contributed by atoms with E-state index in [1.165, 1.54) is 18.2 Å². The van der Waals surface area contributed by atoms with Crippen molar-refractivity contribution in [2.45, 2.75) is 51.4 Å². The van der Waals surface area contributed by atoms with Crippen LogP contribution in [0.5, 0.6) is 5.75 Å². The number of aliphatic hydroxyl groups excluding tert-OH is 2. The molecule has 1 heterocycles. The van der Waals surface area contributed by atoms with Gasteiger partial charge < -0.3 is 29.9 Å². The lowest BCUT2D eigenvalue weighted by Crippen LogP contribution is -2.44. The molecule has 0 aliphatic carbocycles. The number of likely N-dealkylation sites (tertiary alicyclic amines) is 1. The van der Waals surface area contributed by atoms with Crippen molar-refractivity contribution in [1.82, 2.24) is 4.90 Å². The first kappa shape index (κ1) is 21.2. The van der Waals surface area contributed by atoms with E-state index in [1.54, 1.807) is 4.90 Å². The van der Waals surface area contributed by atoms with Crippen LogP contribution < -0.4 is 10.1 Å². The second kappa shape index (κ2) is 9.23. The number of nitrogens with zero attached hydrogens (tertiary/aromatic N) is 1. The smallest absolute Gasteiger partial charge is 0.410 e. The van der Waals surface area contributed by atoms with Crippen LogP contribution in [0.15, 0.2) is 18.2 Å². The minimum Gasteiger partial charge on any atom is -0.488 e. The fourth-order valence-electron chi connectivity index (χ4n) is 2.70. The molecule has 3 N–H and O–H groups in total. The van der Waals surface area contributed by atoms with Crippen molar-refractivity contribution in [2.75, 3.05) is 31.6 Å². The average molecular weight is 384 g/mol. The number of halogens is 1. The zero-order valence-corrected chi connectivity index (χ0v) is 16.1. The Morgan fingerprint density at radius 3 is 2.63 bits per heavy atom. The number of carbonyl (C=O) groups is 1. The van der Waals surface area contributed by atoms with Crippen molar-refractivity contribution in [3.63, 3.8) is 0 Å². The van der Waals surface area contributed by atoms with Gasteiger partial charge in [0.2, 0.25) is 0 Å². The van der Waals surface area contributed by atoms with Gasteiger partial charge in [0.1, 0.15) is 23.3 Å². The molecule has 1 aromatic carbocycles. The zero-order valence-electron chi connectivity index (χ0n) is 16.1. The number of carbonyl (C=O) groups excluding carboxylic acids is 1. The standard InChI is InChI=1S/C19H29FN2O5/c1-19(2,3)27-18(25)22-8-6-15(7-9-22)26-17-5-4-13(20)10-16(17)21-11-14(24)12-23/h4-5,10,14-15,21,23-24H,6-9,11-12H2,1-3H3. The average Bonchev–Trinajstić information content (AvgIpc) is 2.60. The van der Waals surface area contributed by atoms with Crippen molar-refractivity contribution >= 4 is 11.8 Å². The molecule has 1 aliphatic heterocycles. The minimum absolute atomic E-state index is 0.0768. The third-order valence-corrected chi connectivity index (χ3v) is 4.07. The van der Waals surface area contributed by atoms with Gasteiger partial charge in [0, 0.05) is 38.5 Å². The molecule has 1 aliphatic rings. The molecule has 1 unspecified atom stereocenters. The maximum Gasteiger partial charge on any atom is 0.410 e. The van der Waals surface area contributed by atoms with Gasteiger partial charge in [-0.15, -0.1) is 0 Å². The maximum atomic E-state index is 13.5. The molecule has 0 radical (unpaired) electrons.